The molecule has 7 heteroatoms. The Morgan fingerprint density at radius 3 is 2.67 bits per heavy atom. The summed E-state index contributed by atoms with van der Waals surface area (Å²) in [4.78, 5) is 0.268. The van der Waals surface area contributed by atoms with Gasteiger partial charge in [-0.15, -0.1) is 0 Å². The molecule has 0 radical (unpaired) electrons. The summed E-state index contributed by atoms with van der Waals surface area (Å²) in [5.41, 5.74) is 6.48. The molecule has 1 rings (SSSR count). The predicted molar refractivity (Wildman–Crippen MR) is 83.5 cm³/mol. The van der Waals surface area contributed by atoms with Crippen LogP contribution < -0.4 is 10.5 Å². The van der Waals surface area contributed by atoms with Crippen LogP contribution >= 0.6 is 0 Å². The Morgan fingerprint density at radius 2 is 2.05 bits per heavy atom. The van der Waals surface area contributed by atoms with Gasteiger partial charge in [0.05, 0.1) is 11.5 Å². The van der Waals surface area contributed by atoms with Crippen LogP contribution in [0.1, 0.15) is 38.8 Å². The number of hydrogen-bond donors (Lipinski definition) is 2. The first-order chi connectivity index (χ1) is 10.0. The molecule has 21 heavy (non-hydrogen) atoms. The van der Waals surface area contributed by atoms with Gasteiger partial charge in [0.2, 0.25) is 10.0 Å². The number of aromatic nitrogens is 1. The van der Waals surface area contributed by atoms with Gasteiger partial charge in [0, 0.05) is 38.1 Å². The molecule has 0 aliphatic heterocycles. The van der Waals surface area contributed by atoms with Crippen LogP contribution in [0.5, 0.6) is 0 Å². The van der Waals surface area contributed by atoms with Gasteiger partial charge in [-0.25, -0.2) is 13.1 Å². The molecule has 122 valence electrons. The number of rotatable bonds is 11. The Labute approximate surface area is 127 Å². The zero-order valence-electron chi connectivity index (χ0n) is 13.0. The Bertz CT molecular complexity index is 512. The third-order valence-electron chi connectivity index (χ3n) is 3.13. The van der Waals surface area contributed by atoms with Gasteiger partial charge in [-0.2, -0.15) is 0 Å². The number of nitrogens with one attached hydrogen (secondary N) is 1. The molecular weight excluding hydrogens is 290 g/mol. The number of nitrogens with two attached hydrogens (primary N) is 1. The fourth-order valence-corrected chi connectivity index (χ4v) is 3.05. The summed E-state index contributed by atoms with van der Waals surface area (Å²) >= 11 is 0. The van der Waals surface area contributed by atoms with E-state index in [1.807, 2.05) is 11.5 Å². The average molecular weight is 317 g/mol. The number of aryl methyl sites for hydroxylation is 1. The SMILES string of the molecule is CCCCOCCNS(=O)(=O)c1cc(CN)n(CCC)c1. The minimum atomic E-state index is -3.49. The molecule has 0 unspecified atom stereocenters. The Hall–Kier alpha value is -0.890. The second kappa shape index (κ2) is 9.19. The normalized spacial score (nSPS) is 12.0. The smallest absolute Gasteiger partial charge is 0.242 e. The van der Waals surface area contributed by atoms with E-state index in [9.17, 15) is 8.42 Å². The lowest BCUT2D eigenvalue weighted by Crippen LogP contribution is -2.27. The largest absolute Gasteiger partial charge is 0.380 e. The van der Waals surface area contributed by atoms with Gasteiger partial charge in [0.15, 0.2) is 0 Å². The fraction of sp³-hybridized carbons (Fsp3) is 0.714. The van der Waals surface area contributed by atoms with Crippen molar-refractivity contribution >= 4 is 10.0 Å². The van der Waals surface area contributed by atoms with E-state index in [0.29, 0.717) is 19.8 Å². The summed E-state index contributed by atoms with van der Waals surface area (Å²) in [7, 11) is -3.49. The van der Waals surface area contributed by atoms with Crippen LogP contribution in [0.4, 0.5) is 0 Å². The minimum Gasteiger partial charge on any atom is -0.380 e. The molecule has 0 aliphatic carbocycles. The summed E-state index contributed by atoms with van der Waals surface area (Å²) in [6.07, 6.45) is 4.64. The highest BCUT2D eigenvalue weighted by Gasteiger charge is 2.17. The van der Waals surface area contributed by atoms with Gasteiger partial charge in [-0.1, -0.05) is 20.3 Å². The van der Waals surface area contributed by atoms with Gasteiger partial charge in [0.1, 0.15) is 0 Å². The lowest BCUT2D eigenvalue weighted by Gasteiger charge is -2.06. The third-order valence-corrected chi connectivity index (χ3v) is 4.55. The van der Waals surface area contributed by atoms with Gasteiger partial charge >= 0.3 is 0 Å². The van der Waals surface area contributed by atoms with Crippen molar-refractivity contribution in [2.75, 3.05) is 19.8 Å². The summed E-state index contributed by atoms with van der Waals surface area (Å²) in [6.45, 7) is 6.56. The van der Waals surface area contributed by atoms with Crippen molar-refractivity contribution in [3.63, 3.8) is 0 Å². The first kappa shape index (κ1) is 18.2. The maximum atomic E-state index is 12.2. The topological polar surface area (TPSA) is 86.3 Å². The van der Waals surface area contributed by atoms with Gasteiger partial charge < -0.3 is 15.0 Å². The van der Waals surface area contributed by atoms with E-state index in [4.69, 9.17) is 10.5 Å². The molecule has 0 spiro atoms. The molecule has 0 aliphatic rings. The predicted octanol–water partition coefficient (Wildman–Crippen LogP) is 1.45. The maximum Gasteiger partial charge on any atom is 0.242 e. The van der Waals surface area contributed by atoms with Crippen LogP contribution in [-0.4, -0.2) is 32.7 Å². The first-order valence-corrected chi connectivity index (χ1v) is 9.00. The monoisotopic (exact) mass is 317 g/mol. The number of hydrogen-bond acceptors (Lipinski definition) is 4. The molecule has 0 saturated carbocycles. The maximum absolute atomic E-state index is 12.2. The molecule has 6 nitrogen and oxygen atoms in total. The van der Waals surface area contributed by atoms with Crippen molar-refractivity contribution < 1.29 is 13.2 Å². The Balaban J connectivity index is 2.57. The number of ether oxygens (including phenoxy) is 1. The van der Waals surface area contributed by atoms with Crippen molar-refractivity contribution in [2.24, 2.45) is 5.73 Å². The van der Waals surface area contributed by atoms with E-state index in [-0.39, 0.29) is 11.4 Å². The number of unbranched alkanes of at least 4 members (excludes halogenated alkanes) is 1. The Morgan fingerprint density at radius 1 is 1.29 bits per heavy atom. The van der Waals surface area contributed by atoms with Crippen LogP contribution in [-0.2, 0) is 27.8 Å². The van der Waals surface area contributed by atoms with Crippen molar-refractivity contribution in [1.29, 1.82) is 0 Å². The number of nitrogens with zero attached hydrogens (tertiary/aromatic N) is 1. The van der Waals surface area contributed by atoms with Crippen molar-refractivity contribution in [2.45, 2.75) is 51.1 Å². The van der Waals surface area contributed by atoms with Crippen LogP contribution in [0.3, 0.4) is 0 Å². The van der Waals surface area contributed by atoms with Crippen molar-refractivity contribution in [3.8, 4) is 0 Å². The summed E-state index contributed by atoms with van der Waals surface area (Å²) < 4.78 is 34.2. The molecule has 1 aromatic heterocycles. The van der Waals surface area contributed by atoms with Crippen LogP contribution in [0.25, 0.3) is 0 Å². The van der Waals surface area contributed by atoms with E-state index in [1.165, 1.54) is 0 Å². The second-order valence-corrected chi connectivity index (χ2v) is 6.70. The highest BCUT2D eigenvalue weighted by molar-refractivity contribution is 7.89. The quantitative estimate of drug-likeness (QED) is 0.605. The van der Waals surface area contributed by atoms with Crippen LogP contribution in [0.15, 0.2) is 17.2 Å². The molecule has 0 amide bonds. The van der Waals surface area contributed by atoms with Crippen molar-refractivity contribution in [1.82, 2.24) is 9.29 Å². The number of sulfonamides is 1. The molecule has 0 bridgehead atoms. The zero-order chi connectivity index (χ0) is 15.7. The highest BCUT2D eigenvalue weighted by Crippen LogP contribution is 2.14. The standard InChI is InChI=1S/C14H27N3O3S/c1-3-5-8-20-9-6-16-21(18,19)14-10-13(11-15)17(12-14)7-4-2/h10,12,16H,3-9,11,15H2,1-2H3. The molecule has 0 saturated heterocycles. The lowest BCUT2D eigenvalue weighted by atomic mass is 10.4. The van der Waals surface area contributed by atoms with Gasteiger partial charge in [-0.3, -0.25) is 0 Å². The molecule has 0 atom stereocenters. The lowest BCUT2D eigenvalue weighted by molar-refractivity contribution is 0.136. The fourth-order valence-electron chi connectivity index (χ4n) is 1.97. The van der Waals surface area contributed by atoms with Crippen LogP contribution in [0.2, 0.25) is 0 Å². The summed E-state index contributed by atoms with van der Waals surface area (Å²) in [5.74, 6) is 0. The molecule has 3 N–H and O–H groups in total. The molecular formula is C14H27N3O3S. The van der Waals surface area contributed by atoms with Crippen molar-refractivity contribution in [3.05, 3.63) is 18.0 Å². The van der Waals surface area contributed by atoms with E-state index in [2.05, 4.69) is 11.6 Å². The molecule has 0 aromatic carbocycles. The molecule has 0 fully saturated rings. The minimum absolute atomic E-state index is 0.268. The first-order valence-electron chi connectivity index (χ1n) is 7.51. The third kappa shape index (κ3) is 5.78. The second-order valence-electron chi connectivity index (χ2n) is 4.93. The molecule has 1 aromatic rings. The van der Waals surface area contributed by atoms with E-state index < -0.39 is 10.0 Å². The Kier molecular flexibility index (Phi) is 7.95. The van der Waals surface area contributed by atoms with Gasteiger partial charge in [0.25, 0.3) is 0 Å². The summed E-state index contributed by atoms with van der Waals surface area (Å²) in [6, 6.07) is 1.63. The van der Waals surface area contributed by atoms with E-state index >= 15 is 0 Å². The average Bonchev–Trinajstić information content (AvgIpc) is 2.87. The zero-order valence-corrected chi connectivity index (χ0v) is 13.8. The van der Waals surface area contributed by atoms with Gasteiger partial charge in [-0.05, 0) is 18.9 Å². The molecule has 1 heterocycles. The van der Waals surface area contributed by atoms with E-state index in [1.54, 1.807) is 12.3 Å². The summed E-state index contributed by atoms with van der Waals surface area (Å²) in [5, 5.41) is 0. The van der Waals surface area contributed by atoms with Crippen LogP contribution in [0, 0.1) is 0 Å². The highest BCUT2D eigenvalue weighted by atomic mass is 32.2. The van der Waals surface area contributed by atoms with E-state index in [0.717, 1.165) is 31.5 Å².